The number of benzene rings is 1. The summed E-state index contributed by atoms with van der Waals surface area (Å²) < 4.78 is 5.30. The van der Waals surface area contributed by atoms with Crippen molar-refractivity contribution in [3.05, 3.63) is 27.8 Å². The van der Waals surface area contributed by atoms with Gasteiger partial charge in [0.15, 0.2) is 0 Å². The van der Waals surface area contributed by atoms with Gasteiger partial charge in [0.1, 0.15) is 5.69 Å². The average molecular weight is 294 g/mol. The van der Waals surface area contributed by atoms with Gasteiger partial charge < -0.3 is 15.8 Å². The second-order valence-corrected chi connectivity index (χ2v) is 5.22. The Balaban J connectivity index is 1.87. The molecule has 0 aliphatic carbocycles. The van der Waals surface area contributed by atoms with E-state index in [9.17, 15) is 10.1 Å². The van der Waals surface area contributed by atoms with Crippen LogP contribution >= 0.6 is 0 Å². The fourth-order valence-corrected chi connectivity index (χ4v) is 2.35. The molecule has 1 heterocycles. The summed E-state index contributed by atoms with van der Waals surface area (Å²) in [6.45, 7) is 6.90. The number of anilines is 2. The molecule has 1 aliphatic heterocycles. The molecule has 1 aliphatic rings. The fraction of sp³-hybridized carbons (Fsp3) is 0.571. The molecule has 3 N–H and O–H groups in total. The van der Waals surface area contributed by atoms with Crippen LogP contribution in [-0.4, -0.2) is 49.2 Å². The number of aryl methyl sites for hydroxylation is 1. The Morgan fingerprint density at radius 3 is 2.81 bits per heavy atom. The summed E-state index contributed by atoms with van der Waals surface area (Å²) in [5.41, 5.74) is 7.68. The highest BCUT2D eigenvalue weighted by molar-refractivity contribution is 5.70. The van der Waals surface area contributed by atoms with Gasteiger partial charge in [-0.2, -0.15) is 0 Å². The zero-order chi connectivity index (χ0) is 15.2. The summed E-state index contributed by atoms with van der Waals surface area (Å²) in [5, 5.41) is 14.2. The Bertz CT molecular complexity index is 501. The SMILES string of the molecule is Cc1cc([N+](=O)[O-])c(NCCCN2CCOCC2)cc1N. The van der Waals surface area contributed by atoms with Crippen molar-refractivity contribution < 1.29 is 9.66 Å². The lowest BCUT2D eigenvalue weighted by Crippen LogP contribution is -2.37. The molecule has 0 aromatic heterocycles. The number of ether oxygens (including phenoxy) is 1. The summed E-state index contributed by atoms with van der Waals surface area (Å²) in [5.74, 6) is 0. The number of rotatable bonds is 6. The van der Waals surface area contributed by atoms with Crippen molar-refractivity contribution in [2.75, 3.05) is 50.4 Å². The van der Waals surface area contributed by atoms with Crippen molar-refractivity contribution in [3.63, 3.8) is 0 Å². The first-order valence-corrected chi connectivity index (χ1v) is 7.16. The smallest absolute Gasteiger partial charge is 0.292 e. The summed E-state index contributed by atoms with van der Waals surface area (Å²) in [4.78, 5) is 13.0. The van der Waals surface area contributed by atoms with Gasteiger partial charge in [-0.05, 0) is 31.5 Å². The minimum Gasteiger partial charge on any atom is -0.398 e. The highest BCUT2D eigenvalue weighted by atomic mass is 16.6. The van der Waals surface area contributed by atoms with Crippen molar-refractivity contribution in [2.24, 2.45) is 0 Å². The molecule has 0 unspecified atom stereocenters. The minimum atomic E-state index is -0.378. The summed E-state index contributed by atoms with van der Waals surface area (Å²) in [6.07, 6.45) is 0.922. The highest BCUT2D eigenvalue weighted by Crippen LogP contribution is 2.29. The van der Waals surface area contributed by atoms with E-state index in [2.05, 4.69) is 10.2 Å². The van der Waals surface area contributed by atoms with Gasteiger partial charge in [0, 0.05) is 31.4 Å². The number of nitrogens with zero attached hydrogens (tertiary/aromatic N) is 2. The van der Waals surface area contributed by atoms with Gasteiger partial charge >= 0.3 is 0 Å². The van der Waals surface area contributed by atoms with E-state index in [4.69, 9.17) is 10.5 Å². The van der Waals surface area contributed by atoms with Crippen LogP contribution in [0.2, 0.25) is 0 Å². The Kier molecular flexibility index (Phi) is 5.35. The zero-order valence-corrected chi connectivity index (χ0v) is 12.3. The summed E-state index contributed by atoms with van der Waals surface area (Å²) >= 11 is 0. The van der Waals surface area contributed by atoms with Crippen molar-refractivity contribution >= 4 is 17.1 Å². The molecule has 116 valence electrons. The van der Waals surface area contributed by atoms with Gasteiger partial charge in [-0.25, -0.2) is 0 Å². The van der Waals surface area contributed by atoms with E-state index in [1.807, 2.05) is 0 Å². The molecule has 1 aromatic rings. The van der Waals surface area contributed by atoms with Gasteiger partial charge in [-0.15, -0.1) is 0 Å². The molecule has 1 aromatic carbocycles. The molecule has 21 heavy (non-hydrogen) atoms. The standard InChI is InChI=1S/C14H22N4O3/c1-11-9-14(18(19)20)13(10-12(11)15)16-3-2-4-17-5-7-21-8-6-17/h9-10,16H,2-8,15H2,1H3. The van der Waals surface area contributed by atoms with Crippen LogP contribution in [0, 0.1) is 17.0 Å². The number of nitrogen functional groups attached to an aromatic ring is 1. The first-order chi connectivity index (χ1) is 10.1. The minimum absolute atomic E-state index is 0.0769. The van der Waals surface area contributed by atoms with Crippen molar-refractivity contribution in [3.8, 4) is 0 Å². The van der Waals surface area contributed by atoms with Crippen molar-refractivity contribution in [2.45, 2.75) is 13.3 Å². The van der Waals surface area contributed by atoms with Crippen LogP contribution in [0.4, 0.5) is 17.1 Å². The quantitative estimate of drug-likeness (QED) is 0.358. The number of morpholine rings is 1. The maximum absolute atomic E-state index is 11.1. The van der Waals surface area contributed by atoms with E-state index in [0.717, 1.165) is 44.8 Å². The molecular weight excluding hydrogens is 272 g/mol. The lowest BCUT2D eigenvalue weighted by atomic mass is 10.1. The maximum Gasteiger partial charge on any atom is 0.292 e. The van der Waals surface area contributed by atoms with Gasteiger partial charge in [0.25, 0.3) is 5.69 Å². The fourth-order valence-electron chi connectivity index (χ4n) is 2.35. The van der Waals surface area contributed by atoms with Gasteiger partial charge in [0.2, 0.25) is 0 Å². The number of nitrogens with one attached hydrogen (secondary N) is 1. The first-order valence-electron chi connectivity index (χ1n) is 7.16. The Labute approximate surface area is 124 Å². The van der Waals surface area contributed by atoms with Crippen LogP contribution in [0.1, 0.15) is 12.0 Å². The molecule has 2 rings (SSSR count). The van der Waals surface area contributed by atoms with E-state index in [1.165, 1.54) is 6.07 Å². The molecule has 0 bridgehead atoms. The van der Waals surface area contributed by atoms with Crippen LogP contribution in [0.3, 0.4) is 0 Å². The van der Waals surface area contributed by atoms with Gasteiger partial charge in [-0.1, -0.05) is 0 Å². The molecule has 0 radical (unpaired) electrons. The second-order valence-electron chi connectivity index (χ2n) is 5.22. The number of nitro groups is 1. The zero-order valence-electron chi connectivity index (χ0n) is 12.3. The van der Waals surface area contributed by atoms with E-state index in [-0.39, 0.29) is 10.6 Å². The second kappa shape index (κ2) is 7.24. The Hall–Kier alpha value is -1.86. The Morgan fingerprint density at radius 1 is 1.43 bits per heavy atom. The molecule has 1 fully saturated rings. The largest absolute Gasteiger partial charge is 0.398 e. The number of nitrogens with two attached hydrogens (primary N) is 1. The number of nitro benzene ring substituents is 1. The van der Waals surface area contributed by atoms with Crippen LogP contribution in [0.15, 0.2) is 12.1 Å². The molecule has 0 amide bonds. The van der Waals surface area contributed by atoms with Crippen LogP contribution in [0.5, 0.6) is 0 Å². The van der Waals surface area contributed by atoms with E-state index in [0.29, 0.717) is 17.9 Å². The van der Waals surface area contributed by atoms with Gasteiger partial charge in [-0.3, -0.25) is 15.0 Å². The number of hydrogen-bond acceptors (Lipinski definition) is 6. The predicted octanol–water partition coefficient (Wildman–Crippen LogP) is 1.62. The lowest BCUT2D eigenvalue weighted by molar-refractivity contribution is -0.384. The topological polar surface area (TPSA) is 93.7 Å². The molecule has 7 nitrogen and oxygen atoms in total. The van der Waals surface area contributed by atoms with E-state index < -0.39 is 0 Å². The lowest BCUT2D eigenvalue weighted by Gasteiger charge is -2.26. The first kappa shape index (κ1) is 15.5. The van der Waals surface area contributed by atoms with Crippen LogP contribution < -0.4 is 11.1 Å². The molecule has 0 saturated carbocycles. The molecule has 0 spiro atoms. The third-order valence-corrected chi connectivity index (χ3v) is 3.65. The molecule has 0 atom stereocenters. The number of hydrogen-bond donors (Lipinski definition) is 2. The van der Waals surface area contributed by atoms with Crippen molar-refractivity contribution in [1.29, 1.82) is 0 Å². The van der Waals surface area contributed by atoms with E-state index in [1.54, 1.807) is 13.0 Å². The molecule has 1 saturated heterocycles. The van der Waals surface area contributed by atoms with Crippen molar-refractivity contribution in [1.82, 2.24) is 4.90 Å². The van der Waals surface area contributed by atoms with Gasteiger partial charge in [0.05, 0.1) is 18.1 Å². The Morgan fingerprint density at radius 2 is 2.14 bits per heavy atom. The predicted molar refractivity (Wildman–Crippen MR) is 82.6 cm³/mol. The maximum atomic E-state index is 11.1. The summed E-state index contributed by atoms with van der Waals surface area (Å²) in [7, 11) is 0. The highest BCUT2D eigenvalue weighted by Gasteiger charge is 2.15. The third kappa shape index (κ3) is 4.30. The van der Waals surface area contributed by atoms with E-state index >= 15 is 0 Å². The average Bonchev–Trinajstić information content (AvgIpc) is 2.47. The van der Waals surface area contributed by atoms with Crippen LogP contribution in [0.25, 0.3) is 0 Å². The molecular formula is C14H22N4O3. The monoisotopic (exact) mass is 294 g/mol. The molecule has 7 heteroatoms. The van der Waals surface area contributed by atoms with Crippen LogP contribution in [-0.2, 0) is 4.74 Å². The summed E-state index contributed by atoms with van der Waals surface area (Å²) in [6, 6.07) is 3.15. The normalized spacial score (nSPS) is 15.9. The third-order valence-electron chi connectivity index (χ3n) is 3.65.